The topological polar surface area (TPSA) is 86.8 Å². The van der Waals surface area contributed by atoms with Crippen molar-refractivity contribution in [1.82, 2.24) is 4.31 Å². The average molecular weight is 474 g/mol. The Morgan fingerprint density at radius 1 is 1.18 bits per heavy atom. The Balaban J connectivity index is 1.59. The molecule has 1 fully saturated rings. The lowest BCUT2D eigenvalue weighted by Gasteiger charge is -2.30. The van der Waals surface area contributed by atoms with E-state index in [4.69, 9.17) is 0 Å². The zero-order valence-electron chi connectivity index (χ0n) is 19.0. The summed E-state index contributed by atoms with van der Waals surface area (Å²) in [5.74, 6) is -0.829. The third-order valence-corrected chi connectivity index (χ3v) is 8.26. The van der Waals surface area contributed by atoms with E-state index in [-0.39, 0.29) is 17.3 Å². The van der Waals surface area contributed by atoms with Gasteiger partial charge in [0.05, 0.1) is 10.3 Å². The molecule has 2 aromatic carbocycles. The van der Waals surface area contributed by atoms with Gasteiger partial charge in [-0.05, 0) is 80.6 Å². The molecule has 1 atom stereocenters. The second-order valence-corrected chi connectivity index (χ2v) is 11.3. The van der Waals surface area contributed by atoms with E-state index in [1.807, 2.05) is 6.92 Å². The smallest absolute Gasteiger partial charge is 0.244 e. The van der Waals surface area contributed by atoms with Crippen molar-refractivity contribution in [2.45, 2.75) is 43.9 Å². The molecule has 2 aliphatic heterocycles. The summed E-state index contributed by atoms with van der Waals surface area (Å²) in [4.78, 5) is 27.3. The number of benzene rings is 2. The highest BCUT2D eigenvalue weighted by Gasteiger charge is 2.45. The molecule has 0 spiro atoms. The Bertz CT molecular complexity index is 1190. The zero-order valence-corrected chi connectivity index (χ0v) is 19.8. The molecule has 2 aromatic rings. The highest BCUT2D eigenvalue weighted by Crippen LogP contribution is 2.43. The van der Waals surface area contributed by atoms with E-state index < -0.39 is 27.2 Å². The normalized spacial score (nSPS) is 20.5. The third-order valence-electron chi connectivity index (χ3n) is 6.40. The summed E-state index contributed by atoms with van der Waals surface area (Å²) in [5.41, 5.74) is 0.537. The van der Waals surface area contributed by atoms with E-state index in [1.54, 1.807) is 26.0 Å². The first-order valence-electron chi connectivity index (χ1n) is 11.0. The average Bonchev–Trinajstić information content (AvgIpc) is 2.95. The molecule has 2 heterocycles. The molecule has 9 heteroatoms. The highest BCUT2D eigenvalue weighted by atomic mass is 32.2. The van der Waals surface area contributed by atoms with Crippen LogP contribution in [0.2, 0.25) is 0 Å². The summed E-state index contributed by atoms with van der Waals surface area (Å²) >= 11 is 0. The molecule has 2 amide bonds. The number of piperidine rings is 1. The van der Waals surface area contributed by atoms with Gasteiger partial charge in [0.15, 0.2) is 0 Å². The van der Waals surface area contributed by atoms with Gasteiger partial charge in [-0.3, -0.25) is 9.59 Å². The van der Waals surface area contributed by atoms with Gasteiger partial charge in [0.2, 0.25) is 21.8 Å². The number of anilines is 2. The van der Waals surface area contributed by atoms with Gasteiger partial charge in [-0.1, -0.05) is 6.92 Å². The molecule has 4 rings (SSSR count). The van der Waals surface area contributed by atoms with Gasteiger partial charge >= 0.3 is 0 Å². The minimum Gasteiger partial charge on any atom is -0.325 e. The quantitative estimate of drug-likeness (QED) is 0.720. The molecule has 0 saturated carbocycles. The predicted molar refractivity (Wildman–Crippen MR) is 124 cm³/mol. The monoisotopic (exact) mass is 473 g/mol. The summed E-state index contributed by atoms with van der Waals surface area (Å²) in [6.45, 7) is 6.24. The van der Waals surface area contributed by atoms with Crippen LogP contribution in [0.5, 0.6) is 0 Å². The molecule has 176 valence electrons. The summed E-state index contributed by atoms with van der Waals surface area (Å²) < 4.78 is 41.1. The fourth-order valence-corrected chi connectivity index (χ4v) is 6.15. The molecule has 0 unspecified atom stereocenters. The highest BCUT2D eigenvalue weighted by molar-refractivity contribution is 7.89. The predicted octanol–water partition coefficient (Wildman–Crippen LogP) is 3.51. The molecular weight excluding hydrogens is 445 g/mol. The number of carbonyl (C=O) groups is 2. The SMILES string of the molecule is C[C@H]1CCCN(S(=O)(=O)c2ccc3c(c2)C(C)(C)C(=O)N3CC(=O)Nc2ccc(F)cc2)C1. The number of nitrogens with zero attached hydrogens (tertiary/aromatic N) is 2. The van der Waals surface area contributed by atoms with Crippen LogP contribution in [0.4, 0.5) is 15.8 Å². The molecule has 0 bridgehead atoms. The number of halogens is 1. The summed E-state index contributed by atoms with van der Waals surface area (Å²) in [6, 6.07) is 10.0. The molecule has 1 saturated heterocycles. The Kier molecular flexibility index (Phi) is 6.05. The van der Waals surface area contributed by atoms with Crippen LogP contribution in [-0.4, -0.2) is 44.2 Å². The Labute approximate surface area is 193 Å². The fraction of sp³-hybridized carbons (Fsp3) is 0.417. The van der Waals surface area contributed by atoms with E-state index in [1.165, 1.54) is 39.5 Å². The summed E-state index contributed by atoms with van der Waals surface area (Å²) in [6.07, 6.45) is 1.83. The number of amides is 2. The largest absolute Gasteiger partial charge is 0.325 e. The Morgan fingerprint density at radius 3 is 2.55 bits per heavy atom. The number of carbonyl (C=O) groups excluding carboxylic acids is 2. The van der Waals surface area contributed by atoms with Crippen molar-refractivity contribution in [3.05, 3.63) is 53.8 Å². The first kappa shape index (κ1) is 23.4. The van der Waals surface area contributed by atoms with E-state index in [0.717, 1.165) is 12.8 Å². The van der Waals surface area contributed by atoms with Crippen LogP contribution in [0, 0.1) is 11.7 Å². The van der Waals surface area contributed by atoms with Crippen molar-refractivity contribution in [3.8, 4) is 0 Å². The van der Waals surface area contributed by atoms with E-state index in [0.29, 0.717) is 35.9 Å². The van der Waals surface area contributed by atoms with Crippen molar-refractivity contribution in [1.29, 1.82) is 0 Å². The maximum absolute atomic E-state index is 13.2. The lowest BCUT2D eigenvalue weighted by molar-refractivity contribution is -0.124. The Morgan fingerprint density at radius 2 is 1.88 bits per heavy atom. The molecule has 33 heavy (non-hydrogen) atoms. The molecule has 2 aliphatic rings. The van der Waals surface area contributed by atoms with Crippen LogP contribution in [-0.2, 0) is 25.0 Å². The van der Waals surface area contributed by atoms with E-state index in [9.17, 15) is 22.4 Å². The summed E-state index contributed by atoms with van der Waals surface area (Å²) in [7, 11) is -3.68. The van der Waals surface area contributed by atoms with Crippen LogP contribution >= 0.6 is 0 Å². The first-order valence-corrected chi connectivity index (χ1v) is 12.5. The molecule has 0 radical (unpaired) electrons. The molecule has 1 N–H and O–H groups in total. The molecule has 0 aromatic heterocycles. The first-order chi connectivity index (χ1) is 15.5. The standard InChI is InChI=1S/C24H28FN3O4S/c1-16-5-4-12-27(14-16)33(31,32)19-10-11-21-20(13-19)24(2,3)23(30)28(21)15-22(29)26-18-8-6-17(25)7-9-18/h6-11,13,16H,4-5,12,14-15H2,1-3H3,(H,26,29)/t16-/m0/s1. The number of rotatable bonds is 5. The second kappa shape index (κ2) is 8.53. The molecule has 0 aliphatic carbocycles. The maximum Gasteiger partial charge on any atom is 0.244 e. The van der Waals surface area contributed by atoms with Gasteiger partial charge < -0.3 is 10.2 Å². The second-order valence-electron chi connectivity index (χ2n) is 9.36. The summed E-state index contributed by atoms with van der Waals surface area (Å²) in [5, 5.41) is 2.66. The van der Waals surface area contributed by atoms with Crippen LogP contribution in [0.3, 0.4) is 0 Å². The van der Waals surface area contributed by atoms with Crippen molar-refractivity contribution in [2.75, 3.05) is 29.9 Å². The number of sulfonamides is 1. The maximum atomic E-state index is 13.2. The fourth-order valence-electron chi connectivity index (χ4n) is 4.52. The van der Waals surface area contributed by atoms with E-state index in [2.05, 4.69) is 5.32 Å². The van der Waals surface area contributed by atoms with E-state index >= 15 is 0 Å². The Hall–Kier alpha value is -2.78. The van der Waals surface area contributed by atoms with Crippen molar-refractivity contribution in [3.63, 3.8) is 0 Å². The lowest BCUT2D eigenvalue weighted by atomic mass is 9.86. The van der Waals surface area contributed by atoms with Crippen LogP contribution in [0.15, 0.2) is 47.4 Å². The van der Waals surface area contributed by atoms with Gasteiger partial charge in [-0.15, -0.1) is 0 Å². The van der Waals surface area contributed by atoms with Crippen LogP contribution < -0.4 is 10.2 Å². The number of hydrogen-bond donors (Lipinski definition) is 1. The van der Waals surface area contributed by atoms with Crippen LogP contribution in [0.1, 0.15) is 39.2 Å². The van der Waals surface area contributed by atoms with Gasteiger partial charge in [-0.2, -0.15) is 4.31 Å². The van der Waals surface area contributed by atoms with Gasteiger partial charge in [0.1, 0.15) is 12.4 Å². The zero-order chi connectivity index (χ0) is 24.0. The van der Waals surface area contributed by atoms with Crippen molar-refractivity contribution < 1.29 is 22.4 Å². The number of fused-ring (bicyclic) bond motifs is 1. The van der Waals surface area contributed by atoms with Crippen LogP contribution in [0.25, 0.3) is 0 Å². The van der Waals surface area contributed by atoms with Gasteiger partial charge in [0.25, 0.3) is 0 Å². The van der Waals surface area contributed by atoms with Gasteiger partial charge in [0, 0.05) is 24.5 Å². The minimum absolute atomic E-state index is 0.161. The number of nitrogens with one attached hydrogen (secondary N) is 1. The van der Waals surface area contributed by atoms with Crippen molar-refractivity contribution >= 4 is 33.2 Å². The molecular formula is C24H28FN3O4S. The lowest BCUT2D eigenvalue weighted by Crippen LogP contribution is -2.40. The minimum atomic E-state index is -3.68. The van der Waals surface area contributed by atoms with Crippen molar-refractivity contribution in [2.24, 2.45) is 5.92 Å². The number of hydrogen-bond acceptors (Lipinski definition) is 4. The third kappa shape index (κ3) is 4.39. The van der Waals surface area contributed by atoms with Gasteiger partial charge in [-0.25, -0.2) is 12.8 Å². The molecule has 7 nitrogen and oxygen atoms in total.